The highest BCUT2D eigenvalue weighted by atomic mass is 32.2. The van der Waals surface area contributed by atoms with Crippen LogP contribution in [0.15, 0.2) is 59.6 Å². The number of aryl methyl sites for hydroxylation is 1. The Kier molecular flexibility index (Phi) is 7.39. The third-order valence-electron chi connectivity index (χ3n) is 4.61. The van der Waals surface area contributed by atoms with Crippen molar-refractivity contribution in [3.05, 3.63) is 65.9 Å². The van der Waals surface area contributed by atoms with Crippen molar-refractivity contribution in [1.82, 2.24) is 14.7 Å². The molecule has 0 saturated carbocycles. The number of nitrogens with zero attached hydrogens (tertiary/aromatic N) is 2. The molecule has 0 bridgehead atoms. The maximum Gasteiger partial charge on any atom is 0.264 e. The zero-order valence-electron chi connectivity index (χ0n) is 17.9. The predicted octanol–water partition coefficient (Wildman–Crippen LogP) is 2.99. The summed E-state index contributed by atoms with van der Waals surface area (Å²) < 4.78 is 26.4. The first kappa shape index (κ1) is 23.2. The molecule has 168 valence electrons. The van der Waals surface area contributed by atoms with Crippen LogP contribution in [0, 0.1) is 6.92 Å². The molecule has 0 aliphatic carbocycles. The van der Waals surface area contributed by atoms with Crippen molar-refractivity contribution in [2.24, 2.45) is 5.73 Å². The SMILES string of the molecule is CCC(=O)NS(=O)(=O)c1ccc(Nc2ncc(C)c(Nc3ccc(CCN)cc3)n2)cc1. The number of hydrogen-bond donors (Lipinski definition) is 4. The van der Waals surface area contributed by atoms with E-state index in [-0.39, 0.29) is 11.3 Å². The average Bonchev–Trinajstić information content (AvgIpc) is 2.77. The fourth-order valence-corrected chi connectivity index (χ4v) is 3.87. The van der Waals surface area contributed by atoms with Gasteiger partial charge in [-0.05, 0) is 61.9 Å². The number of carbonyl (C=O) groups excluding carboxylic acids is 1. The molecule has 0 fully saturated rings. The van der Waals surface area contributed by atoms with Crippen molar-refractivity contribution in [3.8, 4) is 0 Å². The molecule has 1 heterocycles. The molecule has 9 nitrogen and oxygen atoms in total. The van der Waals surface area contributed by atoms with E-state index in [0.29, 0.717) is 24.0 Å². The standard InChI is InChI=1S/C22H26N6O3S/c1-3-20(29)28-32(30,31)19-10-8-18(9-11-19)26-22-24-14-15(2)21(27-22)25-17-6-4-16(5-7-17)12-13-23/h4-11,14H,3,12-13,23H2,1-2H3,(H,28,29)(H2,24,25,26,27). The second-order valence-electron chi connectivity index (χ2n) is 7.12. The highest BCUT2D eigenvalue weighted by Crippen LogP contribution is 2.22. The van der Waals surface area contributed by atoms with Gasteiger partial charge in [0.15, 0.2) is 0 Å². The van der Waals surface area contributed by atoms with Gasteiger partial charge in [0.05, 0.1) is 4.90 Å². The fourth-order valence-electron chi connectivity index (χ4n) is 2.81. The number of anilines is 4. The summed E-state index contributed by atoms with van der Waals surface area (Å²) in [4.78, 5) is 20.2. The molecule has 1 amide bonds. The Morgan fingerprint density at radius 1 is 1.00 bits per heavy atom. The summed E-state index contributed by atoms with van der Waals surface area (Å²) in [6.07, 6.45) is 2.60. The van der Waals surface area contributed by atoms with Crippen molar-refractivity contribution in [2.75, 3.05) is 17.2 Å². The van der Waals surface area contributed by atoms with Crippen LogP contribution in [0.5, 0.6) is 0 Å². The van der Waals surface area contributed by atoms with Gasteiger partial charge in [-0.15, -0.1) is 0 Å². The minimum atomic E-state index is -3.89. The highest BCUT2D eigenvalue weighted by Gasteiger charge is 2.16. The molecule has 10 heteroatoms. The molecule has 5 N–H and O–H groups in total. The molecule has 0 aliphatic heterocycles. The Hall–Kier alpha value is -3.50. The maximum absolute atomic E-state index is 12.2. The summed E-state index contributed by atoms with van der Waals surface area (Å²) in [6, 6.07) is 13.9. The largest absolute Gasteiger partial charge is 0.340 e. The van der Waals surface area contributed by atoms with Gasteiger partial charge in [-0.1, -0.05) is 19.1 Å². The van der Waals surface area contributed by atoms with Gasteiger partial charge < -0.3 is 16.4 Å². The number of carbonyl (C=O) groups is 1. The maximum atomic E-state index is 12.2. The second-order valence-corrected chi connectivity index (χ2v) is 8.80. The van der Waals surface area contributed by atoms with Crippen LogP contribution in [-0.4, -0.2) is 30.8 Å². The molecular weight excluding hydrogens is 428 g/mol. The third kappa shape index (κ3) is 6.02. The van der Waals surface area contributed by atoms with Gasteiger partial charge in [-0.2, -0.15) is 4.98 Å². The Morgan fingerprint density at radius 2 is 1.62 bits per heavy atom. The van der Waals surface area contributed by atoms with Crippen LogP contribution in [-0.2, 0) is 21.2 Å². The van der Waals surface area contributed by atoms with Crippen LogP contribution in [0.25, 0.3) is 0 Å². The van der Waals surface area contributed by atoms with Crippen molar-refractivity contribution in [3.63, 3.8) is 0 Å². The molecule has 0 radical (unpaired) electrons. The van der Waals surface area contributed by atoms with E-state index in [4.69, 9.17) is 5.73 Å². The Bertz CT molecular complexity index is 1180. The molecule has 3 rings (SSSR count). The second kappa shape index (κ2) is 10.2. The number of sulfonamides is 1. The van der Waals surface area contributed by atoms with E-state index in [1.54, 1.807) is 25.3 Å². The smallest absolute Gasteiger partial charge is 0.264 e. The number of aromatic nitrogens is 2. The topological polar surface area (TPSA) is 139 Å². The zero-order valence-corrected chi connectivity index (χ0v) is 18.7. The summed E-state index contributed by atoms with van der Waals surface area (Å²) in [6.45, 7) is 4.09. The summed E-state index contributed by atoms with van der Waals surface area (Å²) >= 11 is 0. The average molecular weight is 455 g/mol. The molecule has 0 spiro atoms. The van der Waals surface area contributed by atoms with Crippen LogP contribution < -0.4 is 21.1 Å². The highest BCUT2D eigenvalue weighted by molar-refractivity contribution is 7.90. The van der Waals surface area contributed by atoms with Crippen LogP contribution in [0.3, 0.4) is 0 Å². The molecule has 1 aromatic heterocycles. The van der Waals surface area contributed by atoms with Gasteiger partial charge in [-0.25, -0.2) is 18.1 Å². The Balaban J connectivity index is 1.72. The summed E-state index contributed by atoms with van der Waals surface area (Å²) in [5.41, 5.74) is 9.12. The predicted molar refractivity (Wildman–Crippen MR) is 125 cm³/mol. The quantitative estimate of drug-likeness (QED) is 0.387. The van der Waals surface area contributed by atoms with Crippen molar-refractivity contribution < 1.29 is 13.2 Å². The molecule has 0 unspecified atom stereocenters. The number of nitrogens with two attached hydrogens (primary N) is 1. The van der Waals surface area contributed by atoms with Crippen molar-refractivity contribution >= 4 is 39.1 Å². The first-order valence-corrected chi connectivity index (χ1v) is 11.6. The van der Waals surface area contributed by atoms with E-state index in [0.717, 1.165) is 17.7 Å². The van der Waals surface area contributed by atoms with Gasteiger partial charge in [0.1, 0.15) is 5.82 Å². The van der Waals surface area contributed by atoms with E-state index < -0.39 is 15.9 Å². The van der Waals surface area contributed by atoms with Crippen LogP contribution in [0.4, 0.5) is 23.1 Å². The van der Waals surface area contributed by atoms with Gasteiger partial charge in [-0.3, -0.25) is 4.79 Å². The lowest BCUT2D eigenvalue weighted by molar-refractivity contribution is -0.119. The minimum Gasteiger partial charge on any atom is -0.340 e. The minimum absolute atomic E-state index is 0.00453. The van der Waals surface area contributed by atoms with E-state index in [9.17, 15) is 13.2 Å². The summed E-state index contributed by atoms with van der Waals surface area (Å²) in [5, 5.41) is 6.33. The lowest BCUT2D eigenvalue weighted by Gasteiger charge is -2.12. The number of nitrogens with one attached hydrogen (secondary N) is 3. The summed E-state index contributed by atoms with van der Waals surface area (Å²) in [5.74, 6) is 0.442. The Morgan fingerprint density at radius 3 is 2.25 bits per heavy atom. The normalized spacial score (nSPS) is 11.1. The summed E-state index contributed by atoms with van der Waals surface area (Å²) in [7, 11) is -3.89. The molecule has 0 saturated heterocycles. The van der Waals surface area contributed by atoms with Gasteiger partial charge >= 0.3 is 0 Å². The molecule has 32 heavy (non-hydrogen) atoms. The number of benzene rings is 2. The van der Waals surface area contributed by atoms with E-state index in [1.807, 2.05) is 35.9 Å². The van der Waals surface area contributed by atoms with E-state index >= 15 is 0 Å². The molecular formula is C22H26N6O3S. The number of amides is 1. The van der Waals surface area contributed by atoms with Gasteiger partial charge in [0.2, 0.25) is 11.9 Å². The molecule has 2 aromatic carbocycles. The molecule has 0 aliphatic rings. The number of hydrogen-bond acceptors (Lipinski definition) is 8. The first-order valence-electron chi connectivity index (χ1n) is 10.1. The van der Waals surface area contributed by atoms with Crippen molar-refractivity contribution in [2.45, 2.75) is 31.6 Å². The van der Waals surface area contributed by atoms with Gasteiger partial charge in [0, 0.05) is 29.6 Å². The monoisotopic (exact) mass is 454 g/mol. The van der Waals surface area contributed by atoms with Crippen LogP contribution in [0.1, 0.15) is 24.5 Å². The Labute approximate surface area is 187 Å². The lowest BCUT2D eigenvalue weighted by atomic mass is 10.1. The lowest BCUT2D eigenvalue weighted by Crippen LogP contribution is -2.29. The first-order chi connectivity index (χ1) is 15.3. The van der Waals surface area contributed by atoms with Crippen LogP contribution in [0.2, 0.25) is 0 Å². The number of rotatable bonds is 9. The molecule has 0 atom stereocenters. The fraction of sp³-hybridized carbons (Fsp3) is 0.227. The molecule has 3 aromatic rings. The van der Waals surface area contributed by atoms with E-state index in [1.165, 1.54) is 17.7 Å². The zero-order chi connectivity index (χ0) is 23.1. The van der Waals surface area contributed by atoms with Crippen molar-refractivity contribution in [1.29, 1.82) is 0 Å². The third-order valence-corrected chi connectivity index (χ3v) is 6.00. The van der Waals surface area contributed by atoms with Crippen LogP contribution >= 0.6 is 0 Å². The van der Waals surface area contributed by atoms with E-state index in [2.05, 4.69) is 20.6 Å². The van der Waals surface area contributed by atoms with Gasteiger partial charge in [0.25, 0.3) is 10.0 Å².